The molecule has 1 aliphatic heterocycles. The van der Waals surface area contributed by atoms with Crippen LogP contribution in [0.5, 0.6) is 0 Å². The molecule has 0 spiro atoms. The maximum Gasteiger partial charge on any atom is 0.256 e. The van der Waals surface area contributed by atoms with Crippen LogP contribution in [0.3, 0.4) is 0 Å². The molecule has 98 valence electrons. The van der Waals surface area contributed by atoms with E-state index in [-0.39, 0.29) is 23.2 Å². The zero-order chi connectivity index (χ0) is 13.1. The minimum absolute atomic E-state index is 0.0426. The normalized spacial score (nSPS) is 20.6. The van der Waals surface area contributed by atoms with Gasteiger partial charge in [0.2, 0.25) is 0 Å². The van der Waals surface area contributed by atoms with Gasteiger partial charge in [-0.3, -0.25) is 4.79 Å². The SMILES string of the molecule is CC1CCCCCN1C(=O)c1cccc(F)c1N. The van der Waals surface area contributed by atoms with Gasteiger partial charge in [0.25, 0.3) is 5.91 Å². The Hall–Kier alpha value is -1.58. The molecule has 2 N–H and O–H groups in total. The average molecular weight is 250 g/mol. The smallest absolute Gasteiger partial charge is 0.256 e. The summed E-state index contributed by atoms with van der Waals surface area (Å²) in [6.45, 7) is 2.77. The number of nitrogens with two attached hydrogens (primary N) is 1. The van der Waals surface area contributed by atoms with Gasteiger partial charge in [-0.15, -0.1) is 0 Å². The number of carbonyl (C=O) groups is 1. The van der Waals surface area contributed by atoms with Crippen molar-refractivity contribution >= 4 is 11.6 Å². The fourth-order valence-electron chi connectivity index (χ4n) is 2.45. The van der Waals surface area contributed by atoms with Gasteiger partial charge in [-0.2, -0.15) is 0 Å². The number of likely N-dealkylation sites (tertiary alicyclic amines) is 1. The summed E-state index contributed by atoms with van der Waals surface area (Å²) < 4.78 is 13.4. The fraction of sp³-hybridized carbons (Fsp3) is 0.500. The van der Waals surface area contributed by atoms with E-state index in [1.165, 1.54) is 12.1 Å². The van der Waals surface area contributed by atoms with E-state index in [9.17, 15) is 9.18 Å². The van der Waals surface area contributed by atoms with Crippen molar-refractivity contribution in [2.24, 2.45) is 0 Å². The van der Waals surface area contributed by atoms with Gasteiger partial charge in [-0.25, -0.2) is 4.39 Å². The van der Waals surface area contributed by atoms with Gasteiger partial charge in [0, 0.05) is 12.6 Å². The number of hydrogen-bond donors (Lipinski definition) is 1. The summed E-state index contributed by atoms with van der Waals surface area (Å²) in [7, 11) is 0. The number of nitrogen functional groups attached to an aromatic ring is 1. The number of para-hydroxylation sites is 1. The number of halogens is 1. The third-order valence-corrected chi connectivity index (χ3v) is 3.60. The van der Waals surface area contributed by atoms with Crippen molar-refractivity contribution < 1.29 is 9.18 Å². The van der Waals surface area contributed by atoms with Crippen LogP contribution in [0, 0.1) is 5.82 Å². The summed E-state index contributed by atoms with van der Waals surface area (Å²) in [6, 6.07) is 4.60. The molecule has 0 aromatic heterocycles. The van der Waals surface area contributed by atoms with Crippen molar-refractivity contribution in [2.45, 2.75) is 38.6 Å². The molecule has 0 aliphatic carbocycles. The number of rotatable bonds is 1. The van der Waals surface area contributed by atoms with Crippen LogP contribution in [0.1, 0.15) is 43.0 Å². The number of hydrogen-bond acceptors (Lipinski definition) is 2. The van der Waals surface area contributed by atoms with E-state index in [0.29, 0.717) is 0 Å². The highest BCUT2D eigenvalue weighted by Gasteiger charge is 2.25. The van der Waals surface area contributed by atoms with Gasteiger partial charge >= 0.3 is 0 Å². The quantitative estimate of drug-likeness (QED) is 0.779. The van der Waals surface area contributed by atoms with E-state index in [4.69, 9.17) is 5.73 Å². The van der Waals surface area contributed by atoms with Crippen molar-refractivity contribution in [2.75, 3.05) is 12.3 Å². The lowest BCUT2D eigenvalue weighted by atomic mass is 10.1. The first-order valence-electron chi connectivity index (χ1n) is 6.46. The van der Waals surface area contributed by atoms with E-state index < -0.39 is 5.82 Å². The standard InChI is InChI=1S/C14H19FN2O/c1-10-6-3-2-4-9-17(10)14(18)11-7-5-8-12(15)13(11)16/h5,7-8,10H,2-4,6,9,16H2,1H3. The van der Waals surface area contributed by atoms with E-state index in [1.54, 1.807) is 6.07 Å². The lowest BCUT2D eigenvalue weighted by molar-refractivity contribution is 0.0698. The molecule has 1 amide bonds. The first-order valence-corrected chi connectivity index (χ1v) is 6.46. The minimum atomic E-state index is -0.525. The molecule has 1 aliphatic rings. The topological polar surface area (TPSA) is 46.3 Å². The third kappa shape index (κ3) is 2.47. The first-order chi connectivity index (χ1) is 8.61. The van der Waals surface area contributed by atoms with Gasteiger partial charge in [-0.05, 0) is 31.9 Å². The monoisotopic (exact) mass is 250 g/mol. The highest BCUT2D eigenvalue weighted by molar-refractivity contribution is 5.99. The van der Waals surface area contributed by atoms with Crippen LogP contribution in [-0.4, -0.2) is 23.4 Å². The second kappa shape index (κ2) is 5.38. The first kappa shape index (κ1) is 12.9. The molecule has 0 saturated carbocycles. The van der Waals surface area contributed by atoms with Gasteiger partial charge in [-0.1, -0.05) is 18.9 Å². The molecular formula is C14H19FN2O. The maximum atomic E-state index is 13.4. The average Bonchev–Trinajstić information content (AvgIpc) is 2.57. The third-order valence-electron chi connectivity index (χ3n) is 3.60. The van der Waals surface area contributed by atoms with Crippen molar-refractivity contribution in [1.82, 2.24) is 4.90 Å². The molecule has 4 heteroatoms. The van der Waals surface area contributed by atoms with Crippen LogP contribution in [-0.2, 0) is 0 Å². The molecule has 1 aromatic rings. The second-order valence-corrected chi connectivity index (χ2v) is 4.90. The van der Waals surface area contributed by atoms with Crippen molar-refractivity contribution in [1.29, 1.82) is 0 Å². The summed E-state index contributed by atoms with van der Waals surface area (Å²) in [5.74, 6) is -0.676. The van der Waals surface area contributed by atoms with Gasteiger partial charge in [0.1, 0.15) is 5.82 Å². The summed E-state index contributed by atoms with van der Waals surface area (Å²) in [4.78, 5) is 14.2. The van der Waals surface area contributed by atoms with Crippen molar-refractivity contribution in [3.05, 3.63) is 29.6 Å². The Labute approximate surface area is 107 Å². The van der Waals surface area contributed by atoms with Crippen LogP contribution in [0.2, 0.25) is 0 Å². The van der Waals surface area contributed by atoms with Crippen LogP contribution >= 0.6 is 0 Å². The lowest BCUT2D eigenvalue weighted by Gasteiger charge is -2.27. The molecule has 1 aromatic carbocycles. The van der Waals surface area contributed by atoms with E-state index in [0.717, 1.165) is 32.2 Å². The maximum absolute atomic E-state index is 13.4. The molecule has 1 fully saturated rings. The van der Waals surface area contributed by atoms with E-state index in [2.05, 4.69) is 0 Å². The zero-order valence-corrected chi connectivity index (χ0v) is 10.7. The Morgan fingerprint density at radius 2 is 2.17 bits per heavy atom. The highest BCUT2D eigenvalue weighted by atomic mass is 19.1. The van der Waals surface area contributed by atoms with Crippen LogP contribution in [0.4, 0.5) is 10.1 Å². The predicted octanol–water partition coefficient (Wildman–Crippen LogP) is 2.81. The molecule has 1 atom stereocenters. The second-order valence-electron chi connectivity index (χ2n) is 4.90. The number of nitrogens with zero attached hydrogens (tertiary/aromatic N) is 1. The molecule has 1 unspecified atom stereocenters. The largest absolute Gasteiger partial charge is 0.396 e. The molecule has 2 rings (SSSR count). The summed E-state index contributed by atoms with van der Waals surface area (Å²) in [5, 5.41) is 0. The number of benzene rings is 1. The molecule has 1 heterocycles. The lowest BCUT2D eigenvalue weighted by Crippen LogP contribution is -2.38. The fourth-order valence-corrected chi connectivity index (χ4v) is 2.45. The Bertz CT molecular complexity index is 447. The van der Waals surface area contributed by atoms with Crippen molar-refractivity contribution in [3.63, 3.8) is 0 Å². The van der Waals surface area contributed by atoms with E-state index in [1.807, 2.05) is 11.8 Å². The Morgan fingerprint density at radius 3 is 2.94 bits per heavy atom. The molecule has 18 heavy (non-hydrogen) atoms. The van der Waals surface area contributed by atoms with Crippen LogP contribution < -0.4 is 5.73 Å². The Kier molecular flexibility index (Phi) is 3.84. The number of anilines is 1. The predicted molar refractivity (Wildman–Crippen MR) is 69.8 cm³/mol. The minimum Gasteiger partial charge on any atom is -0.396 e. The van der Waals surface area contributed by atoms with Crippen LogP contribution in [0.25, 0.3) is 0 Å². The number of carbonyl (C=O) groups excluding carboxylic acids is 1. The molecule has 3 nitrogen and oxygen atoms in total. The van der Waals surface area contributed by atoms with Gasteiger partial charge in [0.05, 0.1) is 11.3 Å². The van der Waals surface area contributed by atoms with Crippen LogP contribution in [0.15, 0.2) is 18.2 Å². The molecule has 1 saturated heterocycles. The summed E-state index contributed by atoms with van der Waals surface area (Å²) in [6.07, 6.45) is 4.29. The van der Waals surface area contributed by atoms with Gasteiger partial charge in [0.15, 0.2) is 0 Å². The zero-order valence-electron chi connectivity index (χ0n) is 10.7. The Balaban J connectivity index is 2.26. The molecule has 0 bridgehead atoms. The molecular weight excluding hydrogens is 231 g/mol. The Morgan fingerprint density at radius 1 is 1.39 bits per heavy atom. The highest BCUT2D eigenvalue weighted by Crippen LogP contribution is 2.22. The summed E-state index contributed by atoms with van der Waals surface area (Å²) in [5.41, 5.74) is 5.89. The van der Waals surface area contributed by atoms with Gasteiger partial charge < -0.3 is 10.6 Å². The summed E-state index contributed by atoms with van der Waals surface area (Å²) >= 11 is 0. The number of amides is 1. The molecule has 0 radical (unpaired) electrons. The van der Waals surface area contributed by atoms with Crippen molar-refractivity contribution in [3.8, 4) is 0 Å². The van der Waals surface area contributed by atoms with E-state index >= 15 is 0 Å².